The highest BCUT2D eigenvalue weighted by Crippen LogP contribution is 2.35. The Morgan fingerprint density at radius 3 is 2.57 bits per heavy atom. The van der Waals surface area contributed by atoms with Gasteiger partial charge >= 0.3 is 0 Å². The van der Waals surface area contributed by atoms with Crippen molar-refractivity contribution in [3.63, 3.8) is 0 Å². The van der Waals surface area contributed by atoms with Gasteiger partial charge in [-0.1, -0.05) is 44.0 Å². The molecule has 3 aromatic rings. The molecule has 2 heterocycles. The number of anilines is 1. The zero-order valence-electron chi connectivity index (χ0n) is 21.9. The molecule has 2 aliphatic carbocycles. The number of nitrogen functional groups attached to an aromatic ring is 1. The number of nitrogens with two attached hydrogens (primary N) is 1. The number of carbonyl (C=O) groups excluding carboxylic acids is 1. The first-order valence-corrected chi connectivity index (χ1v) is 14.8. The van der Waals surface area contributed by atoms with Gasteiger partial charge in [-0.05, 0) is 75.9 Å². The Labute approximate surface area is 224 Å². The zero-order valence-corrected chi connectivity index (χ0v) is 22.8. The van der Waals surface area contributed by atoms with E-state index in [1.165, 1.54) is 68.6 Å². The number of fused-ring (bicyclic) bond motifs is 1. The van der Waals surface area contributed by atoms with E-state index in [1.807, 2.05) is 30.3 Å². The third-order valence-electron chi connectivity index (χ3n) is 8.31. The molecule has 2 aliphatic rings. The number of Topliss-reactive ketones (excluding diaryl/α,β-unsaturated/α-hetero) is 1. The van der Waals surface area contributed by atoms with Gasteiger partial charge in [0.15, 0.2) is 10.9 Å². The number of carbonyl (C=O) groups is 1. The van der Waals surface area contributed by atoms with Crippen LogP contribution in [0, 0.1) is 11.8 Å². The van der Waals surface area contributed by atoms with Crippen molar-refractivity contribution < 1.29 is 4.79 Å². The fourth-order valence-corrected chi connectivity index (χ4v) is 7.14. The van der Waals surface area contributed by atoms with E-state index in [0.717, 1.165) is 40.7 Å². The van der Waals surface area contributed by atoms with E-state index in [-0.39, 0.29) is 5.78 Å². The topological polar surface area (TPSA) is 85.0 Å². The summed E-state index contributed by atoms with van der Waals surface area (Å²) >= 11 is 1.69. The number of hydrogen-bond acceptors (Lipinski definition) is 7. The lowest BCUT2D eigenvalue weighted by molar-refractivity contribution is 0.0937. The van der Waals surface area contributed by atoms with Gasteiger partial charge in [-0.15, -0.1) is 11.3 Å². The quantitative estimate of drug-likeness (QED) is 0.321. The van der Waals surface area contributed by atoms with Crippen LogP contribution in [0.3, 0.4) is 0 Å². The SMILES string of the molecule is CCCN(CCC1CCC(CC(=O)c2ccc(-c3ccncn3)cc2)CC1)[C@H]1CCc2nc(N)sc2C1. The van der Waals surface area contributed by atoms with Gasteiger partial charge in [0.05, 0.1) is 11.4 Å². The summed E-state index contributed by atoms with van der Waals surface area (Å²) in [5.74, 6) is 1.58. The van der Waals surface area contributed by atoms with Gasteiger partial charge in [-0.25, -0.2) is 15.0 Å². The molecule has 196 valence electrons. The Morgan fingerprint density at radius 2 is 1.84 bits per heavy atom. The highest BCUT2D eigenvalue weighted by Gasteiger charge is 2.28. The number of hydrogen-bond donors (Lipinski definition) is 1. The Hall–Kier alpha value is -2.64. The number of aromatic nitrogens is 3. The molecule has 1 atom stereocenters. The molecule has 0 unspecified atom stereocenters. The molecule has 6 nitrogen and oxygen atoms in total. The van der Waals surface area contributed by atoms with Crippen molar-refractivity contribution in [3.8, 4) is 11.3 Å². The van der Waals surface area contributed by atoms with Gasteiger partial charge in [0.2, 0.25) is 0 Å². The highest BCUT2D eigenvalue weighted by molar-refractivity contribution is 7.15. The molecule has 0 bridgehead atoms. The van der Waals surface area contributed by atoms with Crippen molar-refractivity contribution >= 4 is 22.3 Å². The van der Waals surface area contributed by atoms with Crippen LogP contribution in [0.2, 0.25) is 0 Å². The molecule has 0 amide bonds. The number of benzene rings is 1. The van der Waals surface area contributed by atoms with Crippen molar-refractivity contribution in [2.24, 2.45) is 11.8 Å². The molecule has 1 fully saturated rings. The Balaban J connectivity index is 1.07. The summed E-state index contributed by atoms with van der Waals surface area (Å²) in [4.78, 5) is 29.9. The monoisotopic (exact) mass is 517 g/mol. The van der Waals surface area contributed by atoms with Crippen molar-refractivity contribution in [2.45, 2.75) is 77.2 Å². The number of aryl methyl sites for hydroxylation is 1. The van der Waals surface area contributed by atoms with E-state index in [2.05, 4.69) is 26.8 Å². The summed E-state index contributed by atoms with van der Waals surface area (Å²) in [7, 11) is 0. The zero-order chi connectivity index (χ0) is 25.6. The fraction of sp³-hybridized carbons (Fsp3) is 0.533. The van der Waals surface area contributed by atoms with E-state index in [9.17, 15) is 4.79 Å². The van der Waals surface area contributed by atoms with E-state index in [1.54, 1.807) is 23.9 Å². The predicted molar refractivity (Wildman–Crippen MR) is 151 cm³/mol. The molecule has 0 spiro atoms. The predicted octanol–water partition coefficient (Wildman–Crippen LogP) is 6.22. The first-order valence-electron chi connectivity index (χ1n) is 14.0. The number of rotatable bonds is 10. The van der Waals surface area contributed by atoms with Gasteiger partial charge in [-0.3, -0.25) is 4.79 Å². The van der Waals surface area contributed by atoms with Gasteiger partial charge in [0.25, 0.3) is 0 Å². The van der Waals surface area contributed by atoms with E-state index in [4.69, 9.17) is 5.73 Å². The van der Waals surface area contributed by atoms with Gasteiger partial charge in [0.1, 0.15) is 6.33 Å². The summed E-state index contributed by atoms with van der Waals surface area (Å²) in [5, 5.41) is 0.724. The summed E-state index contributed by atoms with van der Waals surface area (Å²) < 4.78 is 0. The van der Waals surface area contributed by atoms with Crippen molar-refractivity contribution in [3.05, 3.63) is 59.0 Å². The normalized spacial score (nSPS) is 21.6. The molecule has 1 aromatic carbocycles. The molecule has 0 saturated heterocycles. The number of ketones is 1. The van der Waals surface area contributed by atoms with E-state index >= 15 is 0 Å². The van der Waals surface area contributed by atoms with Crippen molar-refractivity contribution in [1.29, 1.82) is 0 Å². The largest absolute Gasteiger partial charge is 0.375 e. The maximum atomic E-state index is 12.9. The second-order valence-electron chi connectivity index (χ2n) is 10.8. The maximum absolute atomic E-state index is 12.9. The molecule has 0 aliphatic heterocycles. The smallest absolute Gasteiger partial charge is 0.180 e. The highest BCUT2D eigenvalue weighted by atomic mass is 32.1. The van der Waals surface area contributed by atoms with Crippen LogP contribution in [-0.4, -0.2) is 44.8 Å². The second-order valence-corrected chi connectivity index (χ2v) is 11.9. The third-order valence-corrected chi connectivity index (χ3v) is 9.26. The van der Waals surface area contributed by atoms with Crippen LogP contribution in [0.4, 0.5) is 5.13 Å². The molecule has 1 saturated carbocycles. The average Bonchev–Trinajstić information content (AvgIpc) is 3.31. The summed E-state index contributed by atoms with van der Waals surface area (Å²) in [5.41, 5.74) is 9.92. The third kappa shape index (κ3) is 6.63. The van der Waals surface area contributed by atoms with Gasteiger partial charge in [-0.2, -0.15) is 0 Å². The number of nitrogens with zero attached hydrogens (tertiary/aromatic N) is 4. The van der Waals surface area contributed by atoms with Crippen LogP contribution in [0.1, 0.15) is 79.2 Å². The minimum atomic E-state index is 0.271. The van der Waals surface area contributed by atoms with Crippen LogP contribution < -0.4 is 5.73 Å². The van der Waals surface area contributed by atoms with Crippen LogP contribution in [-0.2, 0) is 12.8 Å². The van der Waals surface area contributed by atoms with E-state index < -0.39 is 0 Å². The number of thiazole rings is 1. The molecule has 2 aromatic heterocycles. The molecule has 2 N–H and O–H groups in total. The minimum absolute atomic E-state index is 0.271. The molecular formula is C30H39N5OS. The molecule has 5 rings (SSSR count). The van der Waals surface area contributed by atoms with Crippen molar-refractivity contribution in [1.82, 2.24) is 19.9 Å². The lowest BCUT2D eigenvalue weighted by Gasteiger charge is -2.36. The van der Waals surface area contributed by atoms with Crippen LogP contribution >= 0.6 is 11.3 Å². The first-order chi connectivity index (χ1) is 18.1. The second kappa shape index (κ2) is 12.3. The fourth-order valence-electron chi connectivity index (χ4n) is 6.19. The minimum Gasteiger partial charge on any atom is -0.375 e. The molecule has 37 heavy (non-hydrogen) atoms. The van der Waals surface area contributed by atoms with Crippen LogP contribution in [0.25, 0.3) is 11.3 Å². The van der Waals surface area contributed by atoms with Crippen molar-refractivity contribution in [2.75, 3.05) is 18.8 Å². The van der Waals surface area contributed by atoms with Gasteiger partial charge in [0, 0.05) is 34.7 Å². The van der Waals surface area contributed by atoms with Crippen LogP contribution in [0.5, 0.6) is 0 Å². The summed E-state index contributed by atoms with van der Waals surface area (Å²) in [6.07, 6.45) is 14.7. The van der Waals surface area contributed by atoms with E-state index in [0.29, 0.717) is 18.4 Å². The standard InChI is InChI=1S/C30H39N5OS/c1-2-16-35(25-11-12-27-29(19-25)37-30(31)34-27)17-14-21-3-5-22(6-4-21)18-28(36)24-9-7-23(8-10-24)26-13-15-32-20-33-26/h7-10,13,15,20-22,25H,2-6,11-12,14,16-19H2,1H3,(H2,31,34)/t21?,22?,25-/m0/s1. The average molecular weight is 518 g/mol. The Kier molecular flexibility index (Phi) is 8.62. The van der Waals surface area contributed by atoms with Crippen LogP contribution in [0.15, 0.2) is 42.9 Å². The molecular weight excluding hydrogens is 478 g/mol. The molecule has 0 radical (unpaired) electrons. The maximum Gasteiger partial charge on any atom is 0.180 e. The summed E-state index contributed by atoms with van der Waals surface area (Å²) in [6.45, 7) is 4.65. The summed E-state index contributed by atoms with van der Waals surface area (Å²) in [6, 6.07) is 10.4. The molecule has 7 heteroatoms. The van der Waals surface area contributed by atoms with Gasteiger partial charge < -0.3 is 10.6 Å². The Bertz CT molecular complexity index is 1150. The Morgan fingerprint density at radius 1 is 1.05 bits per heavy atom. The lowest BCUT2D eigenvalue weighted by atomic mass is 9.78. The lowest BCUT2D eigenvalue weighted by Crippen LogP contribution is -2.41. The first kappa shape index (κ1) is 26.0.